The van der Waals surface area contributed by atoms with E-state index in [4.69, 9.17) is 4.74 Å². The monoisotopic (exact) mass is 255 g/mol. The lowest BCUT2D eigenvalue weighted by molar-refractivity contribution is -0.157. The van der Waals surface area contributed by atoms with Gasteiger partial charge in [-0.2, -0.15) is 0 Å². The zero-order chi connectivity index (χ0) is 13.0. The van der Waals surface area contributed by atoms with Gasteiger partial charge >= 0.3 is 0 Å². The van der Waals surface area contributed by atoms with Crippen molar-refractivity contribution in [2.45, 2.75) is 64.1 Å². The van der Waals surface area contributed by atoms with Gasteiger partial charge in [0.15, 0.2) is 0 Å². The summed E-state index contributed by atoms with van der Waals surface area (Å²) in [5.74, 6) is 0.467. The van der Waals surface area contributed by atoms with Crippen molar-refractivity contribution in [1.82, 2.24) is 4.90 Å². The van der Waals surface area contributed by atoms with Gasteiger partial charge in [-0.3, -0.25) is 0 Å². The predicted octanol–water partition coefficient (Wildman–Crippen LogP) is 2.43. The Morgan fingerprint density at radius 1 is 1.33 bits per heavy atom. The van der Waals surface area contributed by atoms with Crippen LogP contribution < -0.4 is 0 Å². The largest absolute Gasteiger partial charge is 0.393 e. The average Bonchev–Trinajstić information content (AvgIpc) is 2.38. The number of ether oxygens (including phenoxy) is 1. The van der Waals surface area contributed by atoms with Crippen molar-refractivity contribution in [1.29, 1.82) is 0 Å². The van der Waals surface area contributed by atoms with Gasteiger partial charge in [-0.25, -0.2) is 0 Å². The maximum Gasteiger partial charge on any atom is 0.0686 e. The molecule has 0 amide bonds. The van der Waals surface area contributed by atoms with Crippen molar-refractivity contribution >= 4 is 0 Å². The summed E-state index contributed by atoms with van der Waals surface area (Å²) in [7, 11) is 0. The molecule has 1 aliphatic carbocycles. The van der Waals surface area contributed by atoms with Crippen LogP contribution in [0.25, 0.3) is 0 Å². The smallest absolute Gasteiger partial charge is 0.0686 e. The maximum absolute atomic E-state index is 10.4. The Morgan fingerprint density at radius 3 is 2.61 bits per heavy atom. The van der Waals surface area contributed by atoms with Crippen LogP contribution >= 0.6 is 0 Å². The van der Waals surface area contributed by atoms with E-state index in [-0.39, 0.29) is 11.7 Å². The number of rotatable bonds is 6. The molecule has 1 saturated heterocycles. The highest BCUT2D eigenvalue weighted by molar-refractivity contribution is 4.95. The molecule has 1 aliphatic heterocycles. The summed E-state index contributed by atoms with van der Waals surface area (Å²) in [5, 5.41) is 10.4. The summed E-state index contributed by atoms with van der Waals surface area (Å²) in [5.41, 5.74) is 0.166. The van der Waals surface area contributed by atoms with Crippen molar-refractivity contribution in [2.75, 3.05) is 26.2 Å². The first-order valence-corrected chi connectivity index (χ1v) is 7.73. The number of aliphatic hydroxyl groups excluding tert-OH is 1. The summed E-state index contributed by atoms with van der Waals surface area (Å²) in [4.78, 5) is 2.39. The Bertz CT molecular complexity index is 249. The zero-order valence-electron chi connectivity index (χ0n) is 12.0. The first-order valence-electron chi connectivity index (χ1n) is 7.73. The van der Waals surface area contributed by atoms with Gasteiger partial charge in [0.25, 0.3) is 0 Å². The van der Waals surface area contributed by atoms with Gasteiger partial charge in [0.1, 0.15) is 0 Å². The molecule has 2 unspecified atom stereocenters. The molecule has 3 heteroatoms. The van der Waals surface area contributed by atoms with E-state index in [1.807, 2.05) is 0 Å². The summed E-state index contributed by atoms with van der Waals surface area (Å²) in [6, 6.07) is 0. The van der Waals surface area contributed by atoms with E-state index in [1.54, 1.807) is 0 Å². The van der Waals surface area contributed by atoms with E-state index >= 15 is 0 Å². The SMILES string of the molecule is CCN(CC)CCC(O)C1CCOC2(CCC2)C1. The minimum atomic E-state index is -0.132. The van der Waals surface area contributed by atoms with Gasteiger partial charge in [0.05, 0.1) is 11.7 Å². The third kappa shape index (κ3) is 3.25. The molecule has 3 nitrogen and oxygen atoms in total. The van der Waals surface area contributed by atoms with Gasteiger partial charge in [-0.15, -0.1) is 0 Å². The standard InChI is InChI=1S/C15H29NO2/c1-3-16(4-2)10-6-14(17)13-7-11-18-15(12-13)8-5-9-15/h13-14,17H,3-12H2,1-2H3. The van der Waals surface area contributed by atoms with Gasteiger partial charge in [0.2, 0.25) is 0 Å². The first-order chi connectivity index (χ1) is 8.69. The molecule has 2 atom stereocenters. The number of aliphatic hydroxyl groups is 1. The van der Waals surface area contributed by atoms with E-state index in [0.717, 1.165) is 45.5 Å². The fourth-order valence-corrected chi connectivity index (χ4v) is 3.40. The molecule has 0 bridgehead atoms. The van der Waals surface area contributed by atoms with Crippen molar-refractivity contribution in [3.8, 4) is 0 Å². The summed E-state index contributed by atoms with van der Waals surface area (Å²) >= 11 is 0. The highest BCUT2D eigenvalue weighted by Crippen LogP contribution is 2.45. The molecule has 0 radical (unpaired) electrons. The molecule has 2 fully saturated rings. The molecule has 1 saturated carbocycles. The van der Waals surface area contributed by atoms with Crippen LogP contribution in [0.3, 0.4) is 0 Å². The maximum atomic E-state index is 10.4. The second-order valence-corrected chi connectivity index (χ2v) is 6.02. The quantitative estimate of drug-likeness (QED) is 0.791. The van der Waals surface area contributed by atoms with Crippen LogP contribution in [0, 0.1) is 5.92 Å². The third-order valence-electron chi connectivity index (χ3n) is 4.98. The Hall–Kier alpha value is -0.120. The van der Waals surface area contributed by atoms with Crippen molar-refractivity contribution in [2.24, 2.45) is 5.92 Å². The van der Waals surface area contributed by atoms with Crippen LogP contribution in [0.4, 0.5) is 0 Å². The van der Waals surface area contributed by atoms with E-state index in [2.05, 4.69) is 18.7 Å². The lowest BCUT2D eigenvalue weighted by Crippen LogP contribution is -2.48. The van der Waals surface area contributed by atoms with Gasteiger partial charge in [-0.05, 0) is 57.5 Å². The minimum Gasteiger partial charge on any atom is -0.393 e. The zero-order valence-corrected chi connectivity index (χ0v) is 12.0. The average molecular weight is 255 g/mol. The predicted molar refractivity (Wildman–Crippen MR) is 73.7 cm³/mol. The van der Waals surface area contributed by atoms with E-state index in [1.165, 1.54) is 19.3 Å². The van der Waals surface area contributed by atoms with Crippen LogP contribution in [0.2, 0.25) is 0 Å². The van der Waals surface area contributed by atoms with Crippen LogP contribution in [0.15, 0.2) is 0 Å². The molecule has 0 aromatic heterocycles. The molecule has 1 N–H and O–H groups in total. The van der Waals surface area contributed by atoms with Crippen molar-refractivity contribution in [3.63, 3.8) is 0 Å². The minimum absolute atomic E-state index is 0.132. The van der Waals surface area contributed by atoms with E-state index in [9.17, 15) is 5.11 Å². The highest BCUT2D eigenvalue weighted by atomic mass is 16.5. The summed E-state index contributed by atoms with van der Waals surface area (Å²) in [6.07, 6.45) is 6.66. The normalized spacial score (nSPS) is 28.3. The van der Waals surface area contributed by atoms with Crippen molar-refractivity contribution < 1.29 is 9.84 Å². The van der Waals surface area contributed by atoms with Crippen LogP contribution in [-0.2, 0) is 4.74 Å². The number of hydrogen-bond donors (Lipinski definition) is 1. The number of hydrogen-bond acceptors (Lipinski definition) is 3. The van der Waals surface area contributed by atoms with Crippen LogP contribution in [-0.4, -0.2) is 48.0 Å². The molecule has 18 heavy (non-hydrogen) atoms. The Labute approximate surface area is 112 Å². The second-order valence-electron chi connectivity index (χ2n) is 6.02. The lowest BCUT2D eigenvalue weighted by Gasteiger charge is -2.48. The Kier molecular flexibility index (Phi) is 5.05. The van der Waals surface area contributed by atoms with Gasteiger partial charge in [0, 0.05) is 13.2 Å². The lowest BCUT2D eigenvalue weighted by atomic mass is 9.70. The Morgan fingerprint density at radius 2 is 2.06 bits per heavy atom. The molecule has 1 spiro atoms. The summed E-state index contributed by atoms with van der Waals surface area (Å²) in [6.45, 7) is 8.43. The second kappa shape index (κ2) is 6.36. The molecular formula is C15H29NO2. The molecule has 0 aromatic rings. The van der Waals surface area contributed by atoms with Gasteiger partial charge < -0.3 is 14.7 Å². The fraction of sp³-hybridized carbons (Fsp3) is 1.00. The fourth-order valence-electron chi connectivity index (χ4n) is 3.40. The molecule has 106 valence electrons. The summed E-state index contributed by atoms with van der Waals surface area (Å²) < 4.78 is 5.93. The van der Waals surface area contributed by atoms with Crippen molar-refractivity contribution in [3.05, 3.63) is 0 Å². The molecule has 2 aliphatic rings. The van der Waals surface area contributed by atoms with Crippen LogP contribution in [0.5, 0.6) is 0 Å². The first kappa shape index (κ1) is 14.3. The highest BCUT2D eigenvalue weighted by Gasteiger charge is 2.43. The Balaban J connectivity index is 1.76. The molecule has 2 rings (SSSR count). The van der Waals surface area contributed by atoms with Crippen LogP contribution in [0.1, 0.15) is 52.4 Å². The van der Waals surface area contributed by atoms with E-state index in [0.29, 0.717) is 5.92 Å². The third-order valence-corrected chi connectivity index (χ3v) is 4.98. The van der Waals surface area contributed by atoms with Gasteiger partial charge in [-0.1, -0.05) is 13.8 Å². The number of nitrogens with zero attached hydrogens (tertiary/aromatic N) is 1. The molecule has 0 aromatic carbocycles. The molecular weight excluding hydrogens is 226 g/mol. The topological polar surface area (TPSA) is 32.7 Å². The molecule has 1 heterocycles. The van der Waals surface area contributed by atoms with E-state index < -0.39 is 0 Å².